The normalized spacial score (nSPS) is 13.8. The van der Waals surface area contributed by atoms with Gasteiger partial charge in [0.05, 0.1) is 18.0 Å². The Hall–Kier alpha value is -0.193. The van der Waals surface area contributed by atoms with Crippen LogP contribution in [0.3, 0.4) is 0 Å². The van der Waals surface area contributed by atoms with Crippen LogP contribution in [0, 0.1) is 5.82 Å². The first kappa shape index (κ1) is 20.9. The van der Waals surface area contributed by atoms with E-state index in [-0.39, 0.29) is 11.8 Å². The summed E-state index contributed by atoms with van der Waals surface area (Å²) in [6.45, 7) is 6.38. The molecule has 0 amide bonds. The van der Waals surface area contributed by atoms with Crippen molar-refractivity contribution in [1.29, 1.82) is 0 Å². The number of rotatable bonds is 9. The van der Waals surface area contributed by atoms with Gasteiger partial charge in [-0.3, -0.25) is 4.72 Å². The third kappa shape index (κ3) is 5.68. The van der Waals surface area contributed by atoms with E-state index in [1.54, 1.807) is 12.1 Å². The van der Waals surface area contributed by atoms with E-state index < -0.39 is 24.2 Å². The minimum atomic E-state index is -3.52. The van der Waals surface area contributed by atoms with Crippen LogP contribution in [-0.2, 0) is 14.4 Å². The summed E-state index contributed by atoms with van der Waals surface area (Å²) in [6.07, 6.45) is 0.651. The molecular weight excluding hydrogens is 448 g/mol. The maximum Gasteiger partial charge on any atom is 0.229 e. The fourth-order valence-electron chi connectivity index (χ4n) is 2.56. The van der Waals surface area contributed by atoms with Crippen molar-refractivity contribution in [3.05, 3.63) is 29.6 Å². The van der Waals surface area contributed by atoms with Gasteiger partial charge in [0.15, 0.2) is 14.1 Å². The molecule has 4 nitrogen and oxygen atoms in total. The summed E-state index contributed by atoms with van der Waals surface area (Å²) >= 11 is 2.19. The second kappa shape index (κ2) is 8.77. The van der Waals surface area contributed by atoms with E-state index in [1.807, 2.05) is 0 Å². The minimum absolute atomic E-state index is 0.0276. The van der Waals surface area contributed by atoms with Gasteiger partial charge in [0.1, 0.15) is 0 Å². The molecule has 1 aromatic carbocycles. The number of nitrogens with one attached hydrogen (secondary N) is 1. The Kier molecular flexibility index (Phi) is 7.95. The highest BCUT2D eigenvalue weighted by Gasteiger charge is 2.33. The molecule has 132 valence electrons. The highest BCUT2D eigenvalue weighted by Crippen LogP contribution is 2.34. The van der Waals surface area contributed by atoms with Crippen molar-refractivity contribution >= 4 is 46.6 Å². The van der Waals surface area contributed by atoms with E-state index in [0.717, 1.165) is 24.4 Å². The summed E-state index contributed by atoms with van der Waals surface area (Å²) in [4.78, 5) is 0. The topological polar surface area (TPSA) is 55.4 Å². The van der Waals surface area contributed by atoms with Gasteiger partial charge in [-0.1, -0.05) is 55.5 Å². The zero-order valence-electron chi connectivity index (χ0n) is 14.0. The van der Waals surface area contributed by atoms with E-state index in [0.29, 0.717) is 9.99 Å². The van der Waals surface area contributed by atoms with Crippen LogP contribution >= 0.6 is 22.6 Å². The molecule has 0 aliphatic carbocycles. The van der Waals surface area contributed by atoms with Gasteiger partial charge < -0.3 is 4.43 Å². The number of halogens is 2. The number of hydrogen-bond acceptors (Lipinski definition) is 3. The fraction of sp³-hybridized carbons (Fsp3) is 0.600. The molecule has 8 heteroatoms. The molecule has 1 atom stereocenters. The number of anilines is 1. The molecule has 1 N–H and O–H groups in total. The van der Waals surface area contributed by atoms with Crippen LogP contribution in [0.25, 0.3) is 0 Å². The maximum atomic E-state index is 14.7. The Balaban J connectivity index is 3.19. The molecule has 0 aromatic heterocycles. The lowest BCUT2D eigenvalue weighted by Gasteiger charge is -2.33. The number of benzene rings is 1. The third-order valence-electron chi connectivity index (χ3n) is 4.14. The molecule has 0 saturated heterocycles. The van der Waals surface area contributed by atoms with Crippen molar-refractivity contribution in [1.82, 2.24) is 0 Å². The van der Waals surface area contributed by atoms with Crippen molar-refractivity contribution < 1.29 is 17.2 Å². The Morgan fingerprint density at radius 3 is 2.26 bits per heavy atom. The molecule has 0 unspecified atom stereocenters. The number of alkyl halides is 1. The lowest BCUT2D eigenvalue weighted by Crippen LogP contribution is -2.37. The standard InChI is InChI=1S/C15H25FINO3SSi/c1-5-23(6-2,7-3)21-14(11-17)12-9-8-10-13(15(12)16)18-22(4,19)20/h8-10,14,18H,5-7,11H2,1-4H3/t14-/m0/s1. The van der Waals surface area contributed by atoms with E-state index in [2.05, 4.69) is 48.1 Å². The fourth-order valence-corrected chi connectivity index (χ4v) is 6.92. The average Bonchev–Trinajstić information content (AvgIpc) is 2.51. The van der Waals surface area contributed by atoms with Gasteiger partial charge in [0, 0.05) is 9.99 Å². The Morgan fingerprint density at radius 1 is 1.26 bits per heavy atom. The Labute approximate surface area is 153 Å². The molecule has 0 saturated carbocycles. The molecule has 23 heavy (non-hydrogen) atoms. The lowest BCUT2D eigenvalue weighted by atomic mass is 10.1. The smallest absolute Gasteiger partial charge is 0.229 e. The van der Waals surface area contributed by atoms with Gasteiger partial charge >= 0.3 is 0 Å². The van der Waals surface area contributed by atoms with Crippen molar-refractivity contribution in [2.75, 3.05) is 15.4 Å². The SMILES string of the molecule is CC[Si](CC)(CC)O[C@@H](CI)c1cccc(NS(C)(=O)=O)c1F. The molecule has 1 rings (SSSR count). The first-order valence-corrected chi connectivity index (χ1v) is 13.7. The highest BCUT2D eigenvalue weighted by atomic mass is 127. The zero-order chi connectivity index (χ0) is 17.7. The van der Waals surface area contributed by atoms with Crippen molar-refractivity contribution in [2.45, 2.75) is 45.0 Å². The predicted octanol–water partition coefficient (Wildman–Crippen LogP) is 4.70. The van der Waals surface area contributed by atoms with Gasteiger partial charge in [-0.05, 0) is 24.2 Å². The largest absolute Gasteiger partial charge is 0.409 e. The van der Waals surface area contributed by atoms with Crippen LogP contribution in [0.1, 0.15) is 32.4 Å². The average molecular weight is 473 g/mol. The van der Waals surface area contributed by atoms with Gasteiger partial charge in [-0.15, -0.1) is 0 Å². The molecule has 0 fully saturated rings. The summed E-state index contributed by atoms with van der Waals surface area (Å²) in [7, 11) is -5.40. The van der Waals surface area contributed by atoms with Crippen molar-refractivity contribution in [2.24, 2.45) is 0 Å². The molecule has 0 heterocycles. The molecule has 1 aromatic rings. The van der Waals surface area contributed by atoms with Gasteiger partial charge in [-0.25, -0.2) is 12.8 Å². The van der Waals surface area contributed by atoms with E-state index in [4.69, 9.17) is 4.43 Å². The highest BCUT2D eigenvalue weighted by molar-refractivity contribution is 14.1. The first-order valence-electron chi connectivity index (χ1n) is 7.71. The summed E-state index contributed by atoms with van der Waals surface area (Å²) in [6, 6.07) is 7.70. The molecule has 0 aliphatic heterocycles. The molecule has 0 spiro atoms. The van der Waals surface area contributed by atoms with E-state index in [9.17, 15) is 12.8 Å². The molecule has 0 bridgehead atoms. The molecule has 0 radical (unpaired) electrons. The van der Waals surface area contributed by atoms with Crippen molar-refractivity contribution in [3.8, 4) is 0 Å². The first-order chi connectivity index (χ1) is 10.7. The monoisotopic (exact) mass is 473 g/mol. The van der Waals surface area contributed by atoms with Gasteiger partial charge in [0.2, 0.25) is 10.0 Å². The van der Waals surface area contributed by atoms with Crippen LogP contribution in [0.5, 0.6) is 0 Å². The van der Waals surface area contributed by atoms with Crippen LogP contribution in [0.4, 0.5) is 10.1 Å². The number of hydrogen-bond donors (Lipinski definition) is 1. The summed E-state index contributed by atoms with van der Waals surface area (Å²) in [5.74, 6) is -0.550. The molecular formula is C15H25FINO3SSi. The van der Waals surface area contributed by atoms with Crippen LogP contribution < -0.4 is 4.72 Å². The van der Waals surface area contributed by atoms with Crippen LogP contribution in [0.2, 0.25) is 18.1 Å². The third-order valence-corrected chi connectivity index (χ3v) is 10.2. The molecule has 0 aliphatic rings. The van der Waals surface area contributed by atoms with E-state index in [1.165, 1.54) is 6.07 Å². The van der Waals surface area contributed by atoms with Crippen LogP contribution in [-0.4, -0.2) is 27.4 Å². The summed E-state index contributed by atoms with van der Waals surface area (Å²) in [5, 5.41) is 0. The second-order valence-electron chi connectivity index (χ2n) is 5.59. The maximum absolute atomic E-state index is 14.7. The van der Waals surface area contributed by atoms with Crippen LogP contribution in [0.15, 0.2) is 18.2 Å². The summed E-state index contributed by atoms with van der Waals surface area (Å²) < 4.78 is 46.7. The Morgan fingerprint density at radius 2 is 1.83 bits per heavy atom. The van der Waals surface area contributed by atoms with E-state index >= 15 is 0 Å². The lowest BCUT2D eigenvalue weighted by molar-refractivity contribution is 0.212. The van der Waals surface area contributed by atoms with Crippen molar-refractivity contribution in [3.63, 3.8) is 0 Å². The Bertz CT molecular complexity index is 615. The van der Waals surface area contributed by atoms with Gasteiger partial charge in [0.25, 0.3) is 0 Å². The van der Waals surface area contributed by atoms with Gasteiger partial charge in [-0.2, -0.15) is 0 Å². The minimum Gasteiger partial charge on any atom is -0.409 e. The summed E-state index contributed by atoms with van der Waals surface area (Å²) in [5.41, 5.74) is 0.389. The predicted molar refractivity (Wildman–Crippen MR) is 105 cm³/mol. The quantitative estimate of drug-likeness (QED) is 0.322. The zero-order valence-corrected chi connectivity index (χ0v) is 18.0. The number of sulfonamides is 1. The second-order valence-corrected chi connectivity index (χ2v) is 12.9.